The van der Waals surface area contributed by atoms with Gasteiger partial charge in [-0.3, -0.25) is 14.6 Å². The van der Waals surface area contributed by atoms with Gasteiger partial charge in [-0.05, 0) is 80.5 Å². The standard InChI is InChI=1S/C28H31N3O4/c1-30(19-24-6-5-17-31(24)18-21-9-11-22(12-10-21)28(33)34)20-27(32)29-23-13-15-26(16-14-23)35-25-7-3-2-4-8-25/h2-4,7-16,24H,5-6,17-20H2,1H3,(H,29,32)(H,33,34)/t24-/m1/s1. The first kappa shape index (κ1) is 24.4. The first-order chi connectivity index (χ1) is 17.0. The summed E-state index contributed by atoms with van der Waals surface area (Å²) in [5.41, 5.74) is 2.13. The Morgan fingerprint density at radius 3 is 2.37 bits per heavy atom. The molecule has 1 fully saturated rings. The second kappa shape index (κ2) is 11.6. The smallest absolute Gasteiger partial charge is 0.335 e. The van der Waals surface area contributed by atoms with Gasteiger partial charge in [0.25, 0.3) is 0 Å². The summed E-state index contributed by atoms with van der Waals surface area (Å²) in [4.78, 5) is 28.1. The SMILES string of the molecule is CN(CC(=O)Nc1ccc(Oc2ccccc2)cc1)C[C@H]1CCCN1Cc1ccc(C(=O)O)cc1. The lowest BCUT2D eigenvalue weighted by atomic mass is 10.1. The van der Waals surface area contributed by atoms with Crippen LogP contribution in [0.1, 0.15) is 28.8 Å². The number of nitrogens with zero attached hydrogens (tertiary/aromatic N) is 2. The molecule has 3 aromatic carbocycles. The van der Waals surface area contributed by atoms with E-state index < -0.39 is 5.97 Å². The van der Waals surface area contributed by atoms with Crippen LogP contribution < -0.4 is 10.1 Å². The van der Waals surface area contributed by atoms with Gasteiger partial charge in [-0.15, -0.1) is 0 Å². The number of carbonyl (C=O) groups is 2. The fourth-order valence-corrected chi connectivity index (χ4v) is 4.40. The molecule has 1 aliphatic rings. The molecule has 3 aromatic rings. The van der Waals surface area contributed by atoms with Crippen molar-refractivity contribution in [3.8, 4) is 11.5 Å². The fourth-order valence-electron chi connectivity index (χ4n) is 4.40. The number of likely N-dealkylation sites (N-methyl/N-ethyl adjacent to an activating group) is 1. The van der Waals surface area contributed by atoms with Gasteiger partial charge in [-0.25, -0.2) is 4.79 Å². The number of para-hydroxylation sites is 1. The van der Waals surface area contributed by atoms with Gasteiger partial charge in [0.05, 0.1) is 12.1 Å². The van der Waals surface area contributed by atoms with Crippen LogP contribution in [0.2, 0.25) is 0 Å². The molecule has 0 aliphatic carbocycles. The number of rotatable bonds is 10. The fraction of sp³-hybridized carbons (Fsp3) is 0.286. The van der Waals surface area contributed by atoms with Crippen LogP contribution in [-0.4, -0.2) is 59.5 Å². The Balaban J connectivity index is 1.24. The zero-order chi connectivity index (χ0) is 24.6. The van der Waals surface area contributed by atoms with Gasteiger partial charge in [0.15, 0.2) is 0 Å². The minimum atomic E-state index is -0.910. The van der Waals surface area contributed by atoms with Crippen molar-refractivity contribution in [3.63, 3.8) is 0 Å². The van der Waals surface area contributed by atoms with Gasteiger partial charge < -0.3 is 15.2 Å². The summed E-state index contributed by atoms with van der Waals surface area (Å²) in [6, 6.07) is 24.4. The number of carboxylic acids is 1. The molecule has 0 unspecified atom stereocenters. The van der Waals surface area contributed by atoms with E-state index in [0.29, 0.717) is 23.9 Å². The van der Waals surface area contributed by atoms with E-state index in [1.807, 2.05) is 73.8 Å². The maximum absolute atomic E-state index is 12.6. The van der Waals surface area contributed by atoms with Crippen molar-refractivity contribution in [1.29, 1.82) is 0 Å². The van der Waals surface area contributed by atoms with E-state index in [4.69, 9.17) is 9.84 Å². The van der Waals surface area contributed by atoms with E-state index in [2.05, 4.69) is 15.1 Å². The number of nitrogens with one attached hydrogen (secondary N) is 1. The molecule has 0 bridgehead atoms. The maximum Gasteiger partial charge on any atom is 0.335 e. The number of aromatic carboxylic acids is 1. The number of hydrogen-bond donors (Lipinski definition) is 2. The van der Waals surface area contributed by atoms with Gasteiger partial charge in [0.1, 0.15) is 11.5 Å². The molecular formula is C28H31N3O4. The first-order valence-corrected chi connectivity index (χ1v) is 11.8. The van der Waals surface area contributed by atoms with Crippen molar-refractivity contribution in [2.75, 3.05) is 32.0 Å². The van der Waals surface area contributed by atoms with Crippen LogP contribution in [0, 0.1) is 0 Å². The second-order valence-corrected chi connectivity index (χ2v) is 8.95. The lowest BCUT2D eigenvalue weighted by molar-refractivity contribution is -0.117. The Morgan fingerprint density at radius 1 is 1.00 bits per heavy atom. The normalized spacial score (nSPS) is 15.8. The zero-order valence-electron chi connectivity index (χ0n) is 19.9. The lowest BCUT2D eigenvalue weighted by Crippen LogP contribution is -2.41. The largest absolute Gasteiger partial charge is 0.478 e. The third-order valence-corrected chi connectivity index (χ3v) is 6.14. The number of hydrogen-bond acceptors (Lipinski definition) is 5. The molecule has 1 heterocycles. The van der Waals surface area contributed by atoms with Crippen LogP contribution in [0.15, 0.2) is 78.9 Å². The van der Waals surface area contributed by atoms with E-state index in [1.165, 1.54) is 0 Å². The zero-order valence-corrected chi connectivity index (χ0v) is 19.9. The molecular weight excluding hydrogens is 442 g/mol. The van der Waals surface area contributed by atoms with Gasteiger partial charge in [0.2, 0.25) is 5.91 Å². The van der Waals surface area contributed by atoms with E-state index in [0.717, 1.165) is 49.5 Å². The van der Waals surface area contributed by atoms with Crippen LogP contribution in [0.4, 0.5) is 5.69 Å². The highest BCUT2D eigenvalue weighted by molar-refractivity contribution is 5.92. The number of likely N-dealkylation sites (tertiary alicyclic amines) is 1. The number of ether oxygens (including phenoxy) is 1. The third-order valence-electron chi connectivity index (χ3n) is 6.14. The highest BCUT2D eigenvalue weighted by atomic mass is 16.5. The average Bonchev–Trinajstić information content (AvgIpc) is 3.27. The monoisotopic (exact) mass is 473 g/mol. The molecule has 0 radical (unpaired) electrons. The summed E-state index contributed by atoms with van der Waals surface area (Å²) >= 11 is 0. The molecule has 35 heavy (non-hydrogen) atoms. The van der Waals surface area contributed by atoms with Crippen LogP contribution >= 0.6 is 0 Å². The number of benzene rings is 3. The third kappa shape index (κ3) is 7.15. The quantitative estimate of drug-likeness (QED) is 0.444. The van der Waals surface area contributed by atoms with Crippen molar-refractivity contribution < 1.29 is 19.4 Å². The molecule has 0 spiro atoms. The summed E-state index contributed by atoms with van der Waals surface area (Å²) < 4.78 is 5.79. The summed E-state index contributed by atoms with van der Waals surface area (Å²) in [6.45, 7) is 2.88. The van der Waals surface area contributed by atoms with Gasteiger partial charge in [0, 0.05) is 24.8 Å². The first-order valence-electron chi connectivity index (χ1n) is 11.8. The van der Waals surface area contributed by atoms with E-state index in [9.17, 15) is 9.59 Å². The number of amides is 1. The summed E-state index contributed by atoms with van der Waals surface area (Å²) in [5.74, 6) is 0.513. The highest BCUT2D eigenvalue weighted by Gasteiger charge is 2.26. The Bertz CT molecular complexity index is 1120. The Labute approximate surface area is 205 Å². The van der Waals surface area contributed by atoms with Crippen LogP contribution in [-0.2, 0) is 11.3 Å². The van der Waals surface area contributed by atoms with Crippen molar-refractivity contribution in [1.82, 2.24) is 9.80 Å². The number of carbonyl (C=O) groups excluding carboxylic acids is 1. The number of anilines is 1. The molecule has 182 valence electrons. The van der Waals surface area contributed by atoms with Crippen molar-refractivity contribution in [2.45, 2.75) is 25.4 Å². The molecule has 1 amide bonds. The van der Waals surface area contributed by atoms with Crippen LogP contribution in [0.5, 0.6) is 11.5 Å². The molecule has 1 saturated heterocycles. The predicted octanol–water partition coefficient (Wildman–Crippen LogP) is 4.71. The predicted molar refractivity (Wildman–Crippen MR) is 136 cm³/mol. The van der Waals surface area contributed by atoms with E-state index in [1.54, 1.807) is 12.1 Å². The van der Waals surface area contributed by atoms with Gasteiger partial charge in [-0.1, -0.05) is 30.3 Å². The Hall–Kier alpha value is -3.68. The molecule has 2 N–H and O–H groups in total. The molecule has 1 aliphatic heterocycles. The summed E-state index contributed by atoms with van der Waals surface area (Å²) in [6.07, 6.45) is 2.21. The number of carboxylic acid groups (broad SMARTS) is 1. The topological polar surface area (TPSA) is 82.1 Å². The molecule has 0 aromatic heterocycles. The minimum absolute atomic E-state index is 0.0574. The maximum atomic E-state index is 12.6. The minimum Gasteiger partial charge on any atom is -0.478 e. The highest BCUT2D eigenvalue weighted by Crippen LogP contribution is 2.23. The van der Waals surface area contributed by atoms with Crippen molar-refractivity contribution >= 4 is 17.6 Å². The van der Waals surface area contributed by atoms with Gasteiger partial charge in [-0.2, -0.15) is 0 Å². The average molecular weight is 474 g/mol. The van der Waals surface area contributed by atoms with Crippen molar-refractivity contribution in [2.24, 2.45) is 0 Å². The van der Waals surface area contributed by atoms with Gasteiger partial charge >= 0.3 is 5.97 Å². The lowest BCUT2D eigenvalue weighted by Gasteiger charge is -2.28. The molecule has 7 nitrogen and oxygen atoms in total. The molecule has 7 heteroatoms. The Kier molecular flexibility index (Phi) is 8.13. The van der Waals surface area contributed by atoms with Crippen LogP contribution in [0.3, 0.4) is 0 Å². The van der Waals surface area contributed by atoms with Crippen LogP contribution in [0.25, 0.3) is 0 Å². The van der Waals surface area contributed by atoms with E-state index in [-0.39, 0.29) is 5.91 Å². The summed E-state index contributed by atoms with van der Waals surface area (Å²) in [7, 11) is 1.97. The van der Waals surface area contributed by atoms with Crippen molar-refractivity contribution in [3.05, 3.63) is 90.0 Å². The second-order valence-electron chi connectivity index (χ2n) is 8.95. The molecule has 4 rings (SSSR count). The molecule has 0 saturated carbocycles. The summed E-state index contributed by atoms with van der Waals surface area (Å²) in [5, 5.41) is 12.0. The molecule has 1 atom stereocenters. The Morgan fingerprint density at radius 2 is 1.69 bits per heavy atom. The van der Waals surface area contributed by atoms with E-state index >= 15 is 0 Å².